The van der Waals surface area contributed by atoms with Crippen molar-refractivity contribution >= 4 is 68.0 Å². The van der Waals surface area contributed by atoms with Crippen LogP contribution < -0.4 is 20.4 Å². The fourth-order valence-electron chi connectivity index (χ4n) is 8.76. The maximum atomic E-state index is 2.56. The van der Waals surface area contributed by atoms with Gasteiger partial charge in [-0.05, 0) is 0 Å². The normalized spacial score (nSPS) is 11.7. The van der Waals surface area contributed by atoms with E-state index in [1.165, 1.54) is 19.9 Å². The minimum absolute atomic E-state index is 0.345. The van der Waals surface area contributed by atoms with E-state index in [1.54, 1.807) is 0 Å². The summed E-state index contributed by atoms with van der Waals surface area (Å²) < 4.78 is 5.55. The van der Waals surface area contributed by atoms with Gasteiger partial charge in [-0.1, -0.05) is 0 Å². The molecule has 0 saturated heterocycles. The topological polar surface area (TPSA) is 6.48 Å². The quantitative estimate of drug-likeness (QED) is 0.0792. The number of nitrogens with zero attached hydrogens (tertiary/aromatic N) is 2. The van der Waals surface area contributed by atoms with Crippen LogP contribution in [-0.2, 0) is 0 Å². The molecule has 0 N–H and O–H groups in total. The van der Waals surface area contributed by atoms with Gasteiger partial charge in [0.25, 0.3) is 0 Å². The van der Waals surface area contributed by atoms with Gasteiger partial charge in [-0.25, -0.2) is 0 Å². The summed E-state index contributed by atoms with van der Waals surface area (Å²) in [4.78, 5) is 4.95. The molecule has 0 fully saturated rings. The van der Waals surface area contributed by atoms with Gasteiger partial charge in [0.15, 0.2) is 0 Å². The van der Waals surface area contributed by atoms with Crippen molar-refractivity contribution in [1.82, 2.24) is 0 Å². The van der Waals surface area contributed by atoms with Gasteiger partial charge in [0, 0.05) is 0 Å². The third kappa shape index (κ3) is 8.58. The molecule has 0 heterocycles. The van der Waals surface area contributed by atoms with Crippen molar-refractivity contribution < 1.29 is 0 Å². The van der Waals surface area contributed by atoms with Crippen LogP contribution in [0, 0.1) is 0 Å². The summed E-state index contributed by atoms with van der Waals surface area (Å²) in [6, 6.07) is 99.3. The monoisotopic (exact) mass is 902 g/mol. The molecule has 62 heavy (non-hydrogen) atoms. The van der Waals surface area contributed by atoms with Gasteiger partial charge in [0.1, 0.15) is 0 Å². The SMILES string of the molecule is C(B(N(c1ccccc1)c1ccccc1)N(c1ccccc1)c1ccccc1)=C(C=[C](c1ccccc1)[Sn]([c]1ccccc1)([c]1ccccc1)[c]1ccccc1)c1ccccc1. The van der Waals surface area contributed by atoms with Gasteiger partial charge >= 0.3 is 374 Å². The van der Waals surface area contributed by atoms with E-state index in [1.807, 2.05) is 0 Å². The molecule has 9 rings (SSSR count). The van der Waals surface area contributed by atoms with E-state index in [0.717, 1.165) is 33.9 Å². The predicted octanol–water partition coefficient (Wildman–Crippen LogP) is 12.6. The molecule has 4 heteroatoms. The van der Waals surface area contributed by atoms with Gasteiger partial charge in [0.2, 0.25) is 0 Å². The van der Waals surface area contributed by atoms with Crippen molar-refractivity contribution in [2.24, 2.45) is 0 Å². The van der Waals surface area contributed by atoms with Gasteiger partial charge in [-0.15, -0.1) is 0 Å². The van der Waals surface area contributed by atoms with E-state index in [-0.39, 0.29) is 6.98 Å². The van der Waals surface area contributed by atoms with Crippen molar-refractivity contribution in [1.29, 1.82) is 0 Å². The van der Waals surface area contributed by atoms with E-state index in [9.17, 15) is 0 Å². The second kappa shape index (κ2) is 19.5. The average molecular weight is 902 g/mol. The van der Waals surface area contributed by atoms with Gasteiger partial charge in [0.05, 0.1) is 0 Å². The summed E-state index contributed by atoms with van der Waals surface area (Å²) in [7, 11) is 0. The minimum atomic E-state index is -4.26. The van der Waals surface area contributed by atoms with E-state index in [2.05, 4.69) is 295 Å². The summed E-state index contributed by atoms with van der Waals surface area (Å²) in [6.45, 7) is -0.345. The Morgan fingerprint density at radius 3 is 0.871 bits per heavy atom. The Labute approximate surface area is 371 Å². The Hall–Kier alpha value is -7.08. The summed E-state index contributed by atoms with van der Waals surface area (Å²) >= 11 is -4.26. The van der Waals surface area contributed by atoms with E-state index in [0.29, 0.717) is 0 Å². The molecule has 0 aliphatic carbocycles. The third-order valence-corrected chi connectivity index (χ3v) is 25.3. The Morgan fingerprint density at radius 2 is 0.565 bits per heavy atom. The summed E-state index contributed by atoms with van der Waals surface area (Å²) in [6.07, 6.45) is 2.56. The molecular weight excluding hydrogens is 854 g/mol. The van der Waals surface area contributed by atoms with Gasteiger partial charge in [-0.3, -0.25) is 0 Å². The molecule has 0 spiro atoms. The van der Waals surface area contributed by atoms with Gasteiger partial charge in [-0.2, -0.15) is 0 Å². The average Bonchev–Trinajstić information content (AvgIpc) is 3.36. The van der Waals surface area contributed by atoms with Crippen LogP contribution >= 0.6 is 0 Å². The Bertz CT molecular complexity index is 2550. The van der Waals surface area contributed by atoms with E-state index >= 15 is 0 Å². The molecule has 9 aromatic rings. The van der Waals surface area contributed by atoms with Crippen LogP contribution in [0.1, 0.15) is 11.1 Å². The number of para-hydroxylation sites is 4. The zero-order valence-corrected chi connectivity index (χ0v) is 37.5. The van der Waals surface area contributed by atoms with E-state index in [4.69, 9.17) is 0 Å². The maximum absolute atomic E-state index is 4.26. The molecule has 0 bridgehead atoms. The molecule has 0 amide bonds. The van der Waals surface area contributed by atoms with Crippen LogP contribution in [0.3, 0.4) is 0 Å². The standard InChI is InChI=1S/C40H32BN2.3C6H5.Sn/c1-7-19-34(20-8-1)31-32-36(35-21-9-2-10-22-35)33-41(42(37-23-11-3-12-24-37)38-25-13-4-14-26-38)43(39-27-15-5-16-28-39)40-29-17-6-18-30-40;3*1-2-4-6-5-3-1;/h1-30,32-33H;3*1-5H;. The molecule has 9 aromatic carbocycles. The van der Waals surface area contributed by atoms with Crippen molar-refractivity contribution in [3.63, 3.8) is 0 Å². The molecular formula is C58H47BN2Sn. The Morgan fingerprint density at radius 1 is 0.306 bits per heavy atom. The predicted molar refractivity (Wildman–Crippen MR) is 269 cm³/mol. The number of benzene rings is 9. The Balaban J connectivity index is 1.43. The van der Waals surface area contributed by atoms with Crippen molar-refractivity contribution in [2.45, 2.75) is 0 Å². The molecule has 296 valence electrons. The molecule has 0 aliphatic heterocycles. The first kappa shape index (κ1) is 40.3. The molecule has 2 nitrogen and oxygen atoms in total. The van der Waals surface area contributed by atoms with Crippen LogP contribution in [0.2, 0.25) is 0 Å². The zero-order valence-electron chi connectivity index (χ0n) is 34.6. The molecule has 0 aromatic heterocycles. The molecule has 0 atom stereocenters. The summed E-state index contributed by atoms with van der Waals surface area (Å²) in [5.41, 5.74) is 7.84. The fraction of sp³-hybridized carbons (Fsp3) is 0. The number of hydrogen-bond donors (Lipinski definition) is 0. The number of rotatable bonds is 14. The second-order valence-corrected chi connectivity index (χ2v) is 26.0. The van der Waals surface area contributed by atoms with Crippen LogP contribution in [0.15, 0.2) is 285 Å². The first-order chi connectivity index (χ1) is 30.8. The van der Waals surface area contributed by atoms with E-state index < -0.39 is 18.4 Å². The summed E-state index contributed by atoms with van der Waals surface area (Å²) in [5, 5.41) is 0. The van der Waals surface area contributed by atoms with Crippen molar-refractivity contribution in [3.05, 3.63) is 296 Å². The number of hydrogen-bond acceptors (Lipinski definition) is 2. The first-order valence-corrected chi connectivity index (χ1v) is 27.0. The second-order valence-electron chi connectivity index (χ2n) is 15.3. The summed E-state index contributed by atoms with van der Waals surface area (Å²) in [5.74, 6) is 2.50. The molecule has 0 radical (unpaired) electrons. The molecule has 0 aliphatic rings. The van der Waals surface area contributed by atoms with Crippen LogP contribution in [0.25, 0.3) is 9.16 Å². The Kier molecular flexibility index (Phi) is 12.7. The molecule has 0 saturated carbocycles. The van der Waals surface area contributed by atoms with Crippen LogP contribution in [-0.4, -0.2) is 25.4 Å². The van der Waals surface area contributed by atoms with Gasteiger partial charge < -0.3 is 0 Å². The van der Waals surface area contributed by atoms with Crippen molar-refractivity contribution in [3.8, 4) is 0 Å². The first-order valence-electron chi connectivity index (χ1n) is 21.3. The number of allylic oxidation sites excluding steroid dienone is 2. The van der Waals surface area contributed by atoms with Crippen molar-refractivity contribution in [2.75, 3.05) is 9.62 Å². The third-order valence-electron chi connectivity index (χ3n) is 11.5. The van der Waals surface area contributed by atoms with Crippen LogP contribution in [0.4, 0.5) is 22.7 Å². The molecule has 0 unspecified atom stereocenters. The fourth-order valence-corrected chi connectivity index (χ4v) is 23.0. The number of anilines is 4. The van der Waals surface area contributed by atoms with Crippen LogP contribution in [0.5, 0.6) is 0 Å². The zero-order chi connectivity index (χ0) is 41.8.